The number of nitrogens with one attached hydrogen (secondary N) is 1. The number of amides is 1. The zero-order valence-corrected chi connectivity index (χ0v) is 10.4. The number of rotatable bonds is 6. The number of Topliss-reactive ketones (excluding diaryl/α,β-unsaturated/α-hetero) is 1. The van der Waals surface area contributed by atoms with Crippen LogP contribution >= 0.6 is 23.2 Å². The first-order valence-corrected chi connectivity index (χ1v) is 5.45. The molecule has 0 bridgehead atoms. The minimum Gasteiger partial charge on any atom is -0.480 e. The highest BCUT2D eigenvalue weighted by molar-refractivity contribution is 6.53. The fourth-order valence-electron chi connectivity index (χ4n) is 1.19. The molecular formula is C9H13Cl2NO4. The van der Waals surface area contributed by atoms with Gasteiger partial charge in [-0.2, -0.15) is 0 Å². The predicted octanol–water partition coefficient (Wildman–Crippen LogP) is 0.976. The van der Waals surface area contributed by atoms with E-state index in [4.69, 9.17) is 28.3 Å². The van der Waals surface area contributed by atoms with Gasteiger partial charge < -0.3 is 10.4 Å². The van der Waals surface area contributed by atoms with Gasteiger partial charge in [0.05, 0.1) is 0 Å². The number of halogens is 2. The molecule has 0 spiro atoms. The zero-order valence-electron chi connectivity index (χ0n) is 8.92. The highest BCUT2D eigenvalue weighted by atomic mass is 35.5. The molecule has 0 aromatic rings. The van der Waals surface area contributed by atoms with Gasteiger partial charge in [0.2, 0.25) is 0 Å². The van der Waals surface area contributed by atoms with Crippen LogP contribution in [0, 0.1) is 5.41 Å². The van der Waals surface area contributed by atoms with Crippen LogP contribution in [0.1, 0.15) is 20.3 Å². The monoisotopic (exact) mass is 269 g/mol. The predicted molar refractivity (Wildman–Crippen MR) is 59.5 cm³/mol. The lowest BCUT2D eigenvalue weighted by Crippen LogP contribution is -2.48. The molecule has 0 radical (unpaired) electrons. The first-order chi connectivity index (χ1) is 7.27. The molecule has 1 unspecified atom stereocenters. The topological polar surface area (TPSA) is 83.5 Å². The maximum atomic E-state index is 11.3. The Hall–Kier alpha value is -0.810. The number of carbonyl (C=O) groups is 3. The van der Waals surface area contributed by atoms with Crippen LogP contribution in [0.25, 0.3) is 0 Å². The molecule has 1 amide bonds. The highest BCUT2D eigenvalue weighted by Gasteiger charge is 2.42. The first-order valence-electron chi connectivity index (χ1n) is 4.58. The van der Waals surface area contributed by atoms with Crippen molar-refractivity contribution < 1.29 is 19.5 Å². The molecule has 0 aromatic carbocycles. The van der Waals surface area contributed by atoms with Crippen molar-refractivity contribution in [3.63, 3.8) is 0 Å². The molecule has 16 heavy (non-hydrogen) atoms. The smallest absolute Gasteiger partial charge is 0.318 e. The SMILES string of the molecule is CCC(CNC(=O)C(Cl)Cl)(C(C)=O)C(=O)O. The van der Waals surface area contributed by atoms with Gasteiger partial charge >= 0.3 is 5.97 Å². The number of carbonyl (C=O) groups excluding carboxylic acids is 2. The molecular weight excluding hydrogens is 257 g/mol. The lowest BCUT2D eigenvalue weighted by atomic mass is 9.81. The van der Waals surface area contributed by atoms with Crippen molar-refractivity contribution >= 4 is 40.9 Å². The van der Waals surface area contributed by atoms with Crippen molar-refractivity contribution in [2.45, 2.75) is 25.1 Å². The molecule has 0 aromatic heterocycles. The van der Waals surface area contributed by atoms with Crippen molar-refractivity contribution in [2.75, 3.05) is 6.54 Å². The zero-order chi connectivity index (χ0) is 12.9. The van der Waals surface area contributed by atoms with E-state index in [0.29, 0.717) is 0 Å². The van der Waals surface area contributed by atoms with Crippen molar-refractivity contribution in [2.24, 2.45) is 5.41 Å². The van der Waals surface area contributed by atoms with E-state index in [-0.39, 0.29) is 13.0 Å². The summed E-state index contributed by atoms with van der Waals surface area (Å²) in [6.45, 7) is 2.41. The molecule has 0 fully saturated rings. The van der Waals surface area contributed by atoms with E-state index in [9.17, 15) is 14.4 Å². The van der Waals surface area contributed by atoms with Crippen molar-refractivity contribution in [1.82, 2.24) is 5.32 Å². The molecule has 0 saturated heterocycles. The van der Waals surface area contributed by atoms with Crippen LogP contribution in [-0.2, 0) is 14.4 Å². The van der Waals surface area contributed by atoms with Crippen LogP contribution in [-0.4, -0.2) is 34.1 Å². The largest absolute Gasteiger partial charge is 0.480 e. The van der Waals surface area contributed by atoms with E-state index in [2.05, 4.69) is 5.32 Å². The lowest BCUT2D eigenvalue weighted by Gasteiger charge is -2.25. The van der Waals surface area contributed by atoms with E-state index >= 15 is 0 Å². The summed E-state index contributed by atoms with van der Waals surface area (Å²) in [6, 6.07) is 0. The third-order valence-corrected chi connectivity index (χ3v) is 2.85. The van der Waals surface area contributed by atoms with E-state index in [0.717, 1.165) is 0 Å². The summed E-state index contributed by atoms with van der Waals surface area (Å²) >= 11 is 10.6. The molecule has 0 aliphatic heterocycles. The second kappa shape index (κ2) is 6.06. The second-order valence-electron chi connectivity index (χ2n) is 3.32. The van der Waals surface area contributed by atoms with Crippen LogP contribution < -0.4 is 5.32 Å². The van der Waals surface area contributed by atoms with Gasteiger partial charge in [-0.05, 0) is 13.3 Å². The van der Waals surface area contributed by atoms with Crippen LogP contribution in [0.3, 0.4) is 0 Å². The molecule has 0 rings (SSSR count). The Bertz CT molecular complexity index is 290. The molecule has 0 heterocycles. The van der Waals surface area contributed by atoms with Gasteiger partial charge in [-0.15, -0.1) is 0 Å². The second-order valence-corrected chi connectivity index (χ2v) is 4.41. The first kappa shape index (κ1) is 15.2. The summed E-state index contributed by atoms with van der Waals surface area (Å²) < 4.78 is 0. The number of alkyl halides is 2. The number of aliphatic carboxylic acids is 1. The van der Waals surface area contributed by atoms with Gasteiger partial charge in [0, 0.05) is 6.54 Å². The Morgan fingerprint density at radius 3 is 2.12 bits per heavy atom. The maximum Gasteiger partial charge on any atom is 0.318 e. The summed E-state index contributed by atoms with van der Waals surface area (Å²) in [6.07, 6.45) is 0.0766. The Morgan fingerprint density at radius 1 is 1.38 bits per heavy atom. The number of ketones is 1. The summed E-state index contributed by atoms with van der Waals surface area (Å²) in [5.41, 5.74) is -1.61. The van der Waals surface area contributed by atoms with E-state index in [1.807, 2.05) is 0 Å². The van der Waals surface area contributed by atoms with Gasteiger partial charge in [0.15, 0.2) is 4.84 Å². The summed E-state index contributed by atoms with van der Waals surface area (Å²) in [5.74, 6) is -2.52. The molecule has 0 aliphatic carbocycles. The third kappa shape index (κ3) is 3.35. The Kier molecular flexibility index (Phi) is 5.75. The number of carboxylic acids is 1. The van der Waals surface area contributed by atoms with Gasteiger partial charge in [-0.25, -0.2) is 0 Å². The quantitative estimate of drug-likeness (QED) is 0.556. The van der Waals surface area contributed by atoms with E-state index < -0.39 is 27.9 Å². The third-order valence-electron chi connectivity index (χ3n) is 2.45. The number of hydrogen-bond acceptors (Lipinski definition) is 3. The van der Waals surface area contributed by atoms with Crippen molar-refractivity contribution in [1.29, 1.82) is 0 Å². The van der Waals surface area contributed by atoms with Crippen molar-refractivity contribution in [3.8, 4) is 0 Å². The van der Waals surface area contributed by atoms with E-state index in [1.54, 1.807) is 6.92 Å². The minimum absolute atomic E-state index is 0.0766. The van der Waals surface area contributed by atoms with Crippen LogP contribution in [0.2, 0.25) is 0 Å². The number of carboxylic acid groups (broad SMARTS) is 1. The van der Waals surface area contributed by atoms with Gasteiger partial charge in [0.25, 0.3) is 5.91 Å². The Morgan fingerprint density at radius 2 is 1.88 bits per heavy atom. The average molecular weight is 270 g/mol. The summed E-state index contributed by atoms with van der Waals surface area (Å²) in [5, 5.41) is 11.2. The number of hydrogen-bond donors (Lipinski definition) is 2. The average Bonchev–Trinajstić information content (AvgIpc) is 2.17. The summed E-state index contributed by atoms with van der Waals surface area (Å²) in [7, 11) is 0. The summed E-state index contributed by atoms with van der Waals surface area (Å²) in [4.78, 5) is 32.2. The van der Waals surface area contributed by atoms with E-state index in [1.165, 1.54) is 6.92 Å². The van der Waals surface area contributed by atoms with Crippen LogP contribution in [0.4, 0.5) is 0 Å². The molecule has 0 saturated carbocycles. The van der Waals surface area contributed by atoms with Crippen molar-refractivity contribution in [3.05, 3.63) is 0 Å². The molecule has 1 atom stereocenters. The molecule has 7 heteroatoms. The Labute approximate surface area is 103 Å². The van der Waals surface area contributed by atoms with Crippen LogP contribution in [0.5, 0.6) is 0 Å². The fraction of sp³-hybridized carbons (Fsp3) is 0.667. The van der Waals surface area contributed by atoms with Gasteiger partial charge in [0.1, 0.15) is 11.2 Å². The lowest BCUT2D eigenvalue weighted by molar-refractivity contribution is -0.154. The standard InChI is InChI=1S/C9H13Cl2NO4/c1-3-9(5(2)13,8(15)16)4-12-7(14)6(10)11/h6H,3-4H2,1-2H3,(H,12,14)(H,15,16). The normalized spacial score (nSPS) is 14.3. The van der Waals surface area contributed by atoms with Gasteiger partial charge in [-0.3, -0.25) is 14.4 Å². The Balaban J connectivity index is 4.76. The highest BCUT2D eigenvalue weighted by Crippen LogP contribution is 2.23. The molecule has 0 aliphatic rings. The molecule has 5 nitrogen and oxygen atoms in total. The maximum absolute atomic E-state index is 11.3. The molecule has 92 valence electrons. The van der Waals surface area contributed by atoms with Crippen LogP contribution in [0.15, 0.2) is 0 Å². The fourth-order valence-corrected chi connectivity index (χ4v) is 1.35. The minimum atomic E-state index is -1.61. The molecule has 2 N–H and O–H groups in total. The van der Waals surface area contributed by atoms with Gasteiger partial charge in [-0.1, -0.05) is 30.1 Å².